The normalized spacial score (nSPS) is 11.1. The van der Waals surface area contributed by atoms with E-state index in [1.807, 2.05) is 68.8 Å². The number of carbonyl (C=O) groups is 1. The summed E-state index contributed by atoms with van der Waals surface area (Å²) in [6.07, 6.45) is 1.61. The second-order valence-electron chi connectivity index (χ2n) is 6.89. The van der Waals surface area contributed by atoms with Gasteiger partial charge in [-0.2, -0.15) is 10.2 Å². The molecule has 0 spiro atoms. The van der Waals surface area contributed by atoms with Gasteiger partial charge in [0.15, 0.2) is 5.65 Å². The number of aryl methyl sites for hydroxylation is 3. The molecule has 7 heteroatoms. The molecule has 28 heavy (non-hydrogen) atoms. The zero-order valence-corrected chi connectivity index (χ0v) is 16.4. The number of amides is 1. The minimum absolute atomic E-state index is 0.175. The van der Waals surface area contributed by atoms with E-state index in [2.05, 4.69) is 20.5 Å². The van der Waals surface area contributed by atoms with E-state index >= 15 is 0 Å². The lowest BCUT2D eigenvalue weighted by Crippen LogP contribution is -2.25. The molecule has 0 aliphatic rings. The highest BCUT2D eigenvalue weighted by atomic mass is 16.1. The molecule has 4 aromatic rings. The SMILES string of the molecule is Cc1cc2ncc(C(=O)NCc3c(C)nn(-c4ccccc4)c3C)c(C)n2n1. The standard InChI is InChI=1S/C21H22N6O/c1-13-10-20-22-12-19(16(4)27(20)24-13)21(28)23-11-18-14(2)25-26(15(18)3)17-8-6-5-7-9-17/h5-10,12H,11H2,1-4H3,(H,23,28). The molecule has 4 rings (SSSR count). The molecule has 0 unspecified atom stereocenters. The number of para-hydroxylation sites is 1. The van der Waals surface area contributed by atoms with E-state index in [9.17, 15) is 4.79 Å². The van der Waals surface area contributed by atoms with Gasteiger partial charge in [-0.25, -0.2) is 14.2 Å². The first-order chi connectivity index (χ1) is 13.5. The summed E-state index contributed by atoms with van der Waals surface area (Å²) in [5, 5.41) is 12.0. The topological polar surface area (TPSA) is 77.1 Å². The van der Waals surface area contributed by atoms with Gasteiger partial charge in [-0.15, -0.1) is 0 Å². The van der Waals surface area contributed by atoms with Crippen LogP contribution in [0.4, 0.5) is 0 Å². The smallest absolute Gasteiger partial charge is 0.254 e. The van der Waals surface area contributed by atoms with Crippen molar-refractivity contribution in [1.82, 2.24) is 29.7 Å². The van der Waals surface area contributed by atoms with Crippen molar-refractivity contribution in [3.05, 3.63) is 76.5 Å². The molecule has 1 amide bonds. The Morgan fingerprint density at radius 2 is 1.79 bits per heavy atom. The minimum atomic E-state index is -0.175. The lowest BCUT2D eigenvalue weighted by atomic mass is 10.1. The first-order valence-corrected chi connectivity index (χ1v) is 9.16. The number of nitrogens with zero attached hydrogens (tertiary/aromatic N) is 5. The molecular formula is C21H22N6O. The van der Waals surface area contributed by atoms with E-state index in [1.54, 1.807) is 10.7 Å². The van der Waals surface area contributed by atoms with Crippen molar-refractivity contribution in [2.75, 3.05) is 0 Å². The Bertz CT molecular complexity index is 1170. The van der Waals surface area contributed by atoms with Crippen LogP contribution in [0.1, 0.15) is 38.7 Å². The van der Waals surface area contributed by atoms with Crippen LogP contribution in [0.3, 0.4) is 0 Å². The fraction of sp³-hybridized carbons (Fsp3) is 0.238. The van der Waals surface area contributed by atoms with Gasteiger partial charge in [0.1, 0.15) is 0 Å². The Labute approximate surface area is 163 Å². The maximum atomic E-state index is 12.8. The van der Waals surface area contributed by atoms with Crippen LogP contribution >= 0.6 is 0 Å². The third kappa shape index (κ3) is 3.05. The largest absolute Gasteiger partial charge is 0.348 e. The predicted octanol–water partition coefficient (Wildman–Crippen LogP) is 3.08. The molecule has 0 fully saturated rings. The molecule has 0 saturated carbocycles. The first-order valence-electron chi connectivity index (χ1n) is 9.16. The zero-order chi connectivity index (χ0) is 19.8. The Morgan fingerprint density at radius 1 is 1.04 bits per heavy atom. The van der Waals surface area contributed by atoms with Crippen LogP contribution in [0.15, 0.2) is 42.6 Å². The Morgan fingerprint density at radius 3 is 2.54 bits per heavy atom. The average Bonchev–Trinajstić information content (AvgIpc) is 3.20. The first kappa shape index (κ1) is 17.9. The second kappa shape index (κ2) is 6.92. The molecule has 0 radical (unpaired) electrons. The molecule has 1 N–H and O–H groups in total. The molecule has 0 atom stereocenters. The van der Waals surface area contributed by atoms with Gasteiger partial charge in [-0.05, 0) is 39.8 Å². The predicted molar refractivity (Wildman–Crippen MR) is 107 cm³/mol. The Kier molecular flexibility index (Phi) is 4.43. The molecule has 3 aromatic heterocycles. The van der Waals surface area contributed by atoms with Gasteiger partial charge in [0.2, 0.25) is 0 Å². The van der Waals surface area contributed by atoms with E-state index in [0.29, 0.717) is 12.1 Å². The van der Waals surface area contributed by atoms with E-state index in [4.69, 9.17) is 0 Å². The molecule has 0 aliphatic heterocycles. The summed E-state index contributed by atoms with van der Waals surface area (Å²) in [5.41, 5.74) is 6.81. The molecular weight excluding hydrogens is 352 g/mol. The van der Waals surface area contributed by atoms with Crippen molar-refractivity contribution in [2.45, 2.75) is 34.2 Å². The number of benzene rings is 1. The number of hydrogen-bond donors (Lipinski definition) is 1. The Hall–Kier alpha value is -3.48. The molecule has 0 bridgehead atoms. The fourth-order valence-corrected chi connectivity index (χ4v) is 3.40. The van der Waals surface area contributed by atoms with Crippen molar-refractivity contribution in [3.8, 4) is 5.69 Å². The van der Waals surface area contributed by atoms with Crippen LogP contribution in [0.25, 0.3) is 11.3 Å². The monoisotopic (exact) mass is 374 g/mol. The van der Waals surface area contributed by atoms with Crippen LogP contribution in [0.2, 0.25) is 0 Å². The fourth-order valence-electron chi connectivity index (χ4n) is 3.40. The molecule has 0 aliphatic carbocycles. The highest BCUT2D eigenvalue weighted by Crippen LogP contribution is 2.18. The van der Waals surface area contributed by atoms with Crippen molar-refractivity contribution in [3.63, 3.8) is 0 Å². The number of nitrogens with one attached hydrogen (secondary N) is 1. The van der Waals surface area contributed by atoms with Gasteiger partial charge >= 0.3 is 0 Å². The summed E-state index contributed by atoms with van der Waals surface area (Å²) < 4.78 is 3.61. The van der Waals surface area contributed by atoms with Crippen molar-refractivity contribution >= 4 is 11.6 Å². The summed E-state index contributed by atoms with van der Waals surface area (Å²) in [7, 11) is 0. The second-order valence-corrected chi connectivity index (χ2v) is 6.89. The highest BCUT2D eigenvalue weighted by molar-refractivity contribution is 5.95. The molecule has 7 nitrogen and oxygen atoms in total. The third-order valence-corrected chi connectivity index (χ3v) is 4.96. The summed E-state index contributed by atoms with van der Waals surface area (Å²) in [6, 6.07) is 11.9. The van der Waals surface area contributed by atoms with Crippen LogP contribution < -0.4 is 5.32 Å². The lowest BCUT2D eigenvalue weighted by molar-refractivity contribution is 0.0949. The van der Waals surface area contributed by atoms with Gasteiger partial charge in [0.05, 0.1) is 28.3 Å². The summed E-state index contributed by atoms with van der Waals surface area (Å²) >= 11 is 0. The van der Waals surface area contributed by atoms with Gasteiger partial charge in [-0.1, -0.05) is 18.2 Å². The van der Waals surface area contributed by atoms with Crippen molar-refractivity contribution in [2.24, 2.45) is 0 Å². The molecule has 142 valence electrons. The maximum absolute atomic E-state index is 12.8. The summed E-state index contributed by atoms with van der Waals surface area (Å²) in [4.78, 5) is 17.1. The number of rotatable bonds is 4. The number of fused-ring (bicyclic) bond motifs is 1. The maximum Gasteiger partial charge on any atom is 0.254 e. The van der Waals surface area contributed by atoms with Crippen LogP contribution in [0, 0.1) is 27.7 Å². The Balaban J connectivity index is 1.57. The summed E-state index contributed by atoms with van der Waals surface area (Å²) in [6.45, 7) is 8.15. The van der Waals surface area contributed by atoms with Gasteiger partial charge in [0.25, 0.3) is 5.91 Å². The molecule has 3 heterocycles. The lowest BCUT2D eigenvalue weighted by Gasteiger charge is -2.09. The number of hydrogen-bond acceptors (Lipinski definition) is 4. The number of aromatic nitrogens is 5. The highest BCUT2D eigenvalue weighted by Gasteiger charge is 2.17. The third-order valence-electron chi connectivity index (χ3n) is 4.96. The van der Waals surface area contributed by atoms with Gasteiger partial charge in [0, 0.05) is 30.1 Å². The number of carbonyl (C=O) groups excluding carboxylic acids is 1. The van der Waals surface area contributed by atoms with Gasteiger partial charge in [-0.3, -0.25) is 4.79 Å². The van der Waals surface area contributed by atoms with Crippen LogP contribution in [0.5, 0.6) is 0 Å². The van der Waals surface area contributed by atoms with Gasteiger partial charge < -0.3 is 5.32 Å². The van der Waals surface area contributed by atoms with Crippen molar-refractivity contribution < 1.29 is 4.79 Å². The average molecular weight is 374 g/mol. The van der Waals surface area contributed by atoms with Crippen LogP contribution in [-0.2, 0) is 6.54 Å². The van der Waals surface area contributed by atoms with Crippen molar-refractivity contribution in [1.29, 1.82) is 0 Å². The quantitative estimate of drug-likeness (QED) is 0.595. The van der Waals surface area contributed by atoms with Crippen LogP contribution in [-0.4, -0.2) is 30.3 Å². The molecule has 1 aromatic carbocycles. The summed E-state index contributed by atoms with van der Waals surface area (Å²) in [5.74, 6) is -0.175. The van der Waals surface area contributed by atoms with E-state index in [1.165, 1.54) is 0 Å². The van der Waals surface area contributed by atoms with E-state index in [-0.39, 0.29) is 5.91 Å². The minimum Gasteiger partial charge on any atom is -0.348 e. The van der Waals surface area contributed by atoms with E-state index in [0.717, 1.165) is 39.7 Å². The molecule has 0 saturated heterocycles. The van der Waals surface area contributed by atoms with E-state index < -0.39 is 0 Å². The zero-order valence-electron chi connectivity index (χ0n) is 16.4.